The minimum Gasteiger partial charge on any atom is -2.00 e. The summed E-state index contributed by atoms with van der Waals surface area (Å²) in [6.07, 6.45) is 0. The monoisotopic (exact) mass is 739 g/mol. The van der Waals surface area contributed by atoms with Gasteiger partial charge in [0, 0.05) is 0 Å². The third kappa shape index (κ3) is 23.2. The summed E-state index contributed by atoms with van der Waals surface area (Å²) in [5.74, 6) is 0. The van der Waals surface area contributed by atoms with Gasteiger partial charge in [-0.2, -0.15) is 0 Å². The Morgan fingerprint density at radius 2 is 0.333 bits per heavy atom. The van der Waals surface area contributed by atoms with Crippen LogP contribution in [0.3, 0.4) is 0 Å². The molecule has 0 saturated carbocycles. The predicted molar refractivity (Wildman–Crippen MR) is 28.8 cm³/mol. The predicted octanol–water partition coefficient (Wildman–Crippen LogP) is -1.91. The third-order valence-electron chi connectivity index (χ3n) is 0. The van der Waals surface area contributed by atoms with Gasteiger partial charge in [0.1, 0.15) is 0 Å². The molecule has 0 fully saturated rings. The van der Waals surface area contributed by atoms with E-state index < -0.39 is 0 Å². The standard InChI is InChI=1S/5Te.Zr/q5*-2;+4. The summed E-state index contributed by atoms with van der Waals surface area (Å²) >= 11 is 0. The van der Waals surface area contributed by atoms with Gasteiger partial charge in [0.2, 0.25) is 0 Å². The molecular weight excluding hydrogens is 729 g/mol. The molecule has 0 bridgehead atoms. The SMILES string of the molecule is [Te-2].[Te-2].[Te-2].[Te-2].[Te-2].[Zr+4]. The molecule has 0 aliphatic carbocycles. The van der Waals surface area contributed by atoms with Crippen LogP contribution in [0.5, 0.6) is 0 Å². The normalized spacial score (nSPS) is 0. The molecule has 0 amide bonds. The molecule has 0 N–H and O–H groups in total. The minimum absolute atomic E-state index is 0. The van der Waals surface area contributed by atoms with Crippen LogP contribution in [-0.2, 0) is 26.2 Å². The topological polar surface area (TPSA) is 0 Å². The van der Waals surface area contributed by atoms with Crippen LogP contribution in [0.25, 0.3) is 0 Å². The number of rotatable bonds is 0. The van der Waals surface area contributed by atoms with E-state index in [0.29, 0.717) is 0 Å². The second-order valence-electron chi connectivity index (χ2n) is 0. The molecule has 6 heavy (non-hydrogen) atoms. The van der Waals surface area contributed by atoms with Gasteiger partial charge < -0.3 is 118 Å². The molecule has 0 aliphatic rings. The van der Waals surface area contributed by atoms with Crippen LogP contribution in [0.2, 0.25) is 0 Å². The van der Waals surface area contributed by atoms with E-state index in [2.05, 4.69) is 0 Å². The Morgan fingerprint density at radius 3 is 0.333 bits per heavy atom. The molecule has 40 valence electrons. The molecule has 0 aromatic heterocycles. The molecule has 0 aromatic rings. The zero-order valence-corrected chi connectivity index (χ0v) is 16.7. The molecule has 0 radical (unpaired) electrons. The maximum absolute atomic E-state index is 0. The second-order valence-corrected chi connectivity index (χ2v) is 0. The van der Waals surface area contributed by atoms with E-state index in [-0.39, 0.29) is 145 Å². The zero-order chi connectivity index (χ0) is 0. The van der Waals surface area contributed by atoms with Gasteiger partial charge in [-0.3, -0.25) is 0 Å². The molecule has 0 nitrogen and oxygen atoms in total. The van der Waals surface area contributed by atoms with E-state index >= 15 is 0 Å². The summed E-state index contributed by atoms with van der Waals surface area (Å²) in [4.78, 5) is 0. The quantitative estimate of drug-likeness (QED) is 0.256. The van der Waals surface area contributed by atoms with Crippen molar-refractivity contribution in [2.24, 2.45) is 0 Å². The van der Waals surface area contributed by atoms with Gasteiger partial charge in [-0.05, 0) is 0 Å². The van der Waals surface area contributed by atoms with Gasteiger partial charge in [-0.15, -0.1) is 0 Å². The Balaban J connectivity index is 0. The molecule has 0 rings (SSSR count). The fourth-order valence-corrected chi connectivity index (χ4v) is 0. The van der Waals surface area contributed by atoms with Crippen LogP contribution in [0.15, 0.2) is 0 Å². The third-order valence-corrected chi connectivity index (χ3v) is 0. The minimum atomic E-state index is 0. The molecule has 0 aliphatic heterocycles. The van der Waals surface area contributed by atoms with E-state index in [1.807, 2.05) is 0 Å². The van der Waals surface area contributed by atoms with Gasteiger partial charge in [0.25, 0.3) is 0 Å². The summed E-state index contributed by atoms with van der Waals surface area (Å²) in [5.41, 5.74) is 0. The average molecular weight is 729 g/mol. The first-order chi connectivity index (χ1) is 0. The largest absolute Gasteiger partial charge is 4.00 e. The fraction of sp³-hybridized carbons (Fsp3) is 0. The van der Waals surface area contributed by atoms with Crippen LogP contribution in [0.4, 0.5) is 0 Å². The van der Waals surface area contributed by atoms with E-state index in [4.69, 9.17) is 0 Å². The van der Waals surface area contributed by atoms with Crippen LogP contribution in [-0.4, -0.2) is 118 Å². The first kappa shape index (κ1) is 44.9. The Kier molecular flexibility index (Phi) is 246. The van der Waals surface area contributed by atoms with Gasteiger partial charge >= 0.3 is 26.2 Å². The molecule has 6 heteroatoms. The van der Waals surface area contributed by atoms with E-state index in [1.54, 1.807) is 0 Å². The summed E-state index contributed by atoms with van der Waals surface area (Å²) < 4.78 is 0. The van der Waals surface area contributed by atoms with Crippen molar-refractivity contribution in [1.82, 2.24) is 0 Å². The van der Waals surface area contributed by atoms with Crippen molar-refractivity contribution in [2.45, 2.75) is 0 Å². The van der Waals surface area contributed by atoms with Crippen molar-refractivity contribution in [3.05, 3.63) is 0 Å². The molecule has 0 aromatic carbocycles. The molecular formula is Te5Zr-6. The van der Waals surface area contributed by atoms with E-state index in [0.717, 1.165) is 0 Å². The van der Waals surface area contributed by atoms with Crippen molar-refractivity contribution in [1.29, 1.82) is 0 Å². The summed E-state index contributed by atoms with van der Waals surface area (Å²) in [7, 11) is 0. The van der Waals surface area contributed by atoms with Crippen LogP contribution in [0, 0.1) is 0 Å². The van der Waals surface area contributed by atoms with Crippen LogP contribution in [0.1, 0.15) is 0 Å². The molecule has 0 unspecified atom stereocenters. The van der Waals surface area contributed by atoms with E-state index in [1.165, 1.54) is 0 Å². The summed E-state index contributed by atoms with van der Waals surface area (Å²) in [5, 5.41) is 0. The van der Waals surface area contributed by atoms with E-state index in [9.17, 15) is 0 Å². The van der Waals surface area contributed by atoms with Gasteiger partial charge in [0.05, 0.1) is 0 Å². The van der Waals surface area contributed by atoms with Crippen molar-refractivity contribution >= 4 is 118 Å². The molecule has 0 saturated heterocycles. The smallest absolute Gasteiger partial charge is 2.00 e. The first-order valence-electron chi connectivity index (χ1n) is 0. The van der Waals surface area contributed by atoms with Gasteiger partial charge in [-0.25, -0.2) is 0 Å². The maximum Gasteiger partial charge on any atom is 4.00 e. The summed E-state index contributed by atoms with van der Waals surface area (Å²) in [6, 6.07) is 0. The first-order valence-corrected chi connectivity index (χ1v) is 0. The summed E-state index contributed by atoms with van der Waals surface area (Å²) in [6.45, 7) is 0. The Hall–Kier alpha value is 4.83. The Bertz CT molecular complexity index is 3.90. The molecule has 0 spiro atoms. The van der Waals surface area contributed by atoms with Crippen molar-refractivity contribution in [3.63, 3.8) is 0 Å². The van der Waals surface area contributed by atoms with Crippen LogP contribution < -0.4 is 0 Å². The second kappa shape index (κ2) is 32.9. The average Bonchev–Trinajstić information content (AvgIpc) is 0. The van der Waals surface area contributed by atoms with Crippen molar-refractivity contribution < 1.29 is 26.2 Å². The number of hydrogen-bond acceptors (Lipinski definition) is 0. The van der Waals surface area contributed by atoms with Gasteiger partial charge in [-0.1, -0.05) is 0 Å². The van der Waals surface area contributed by atoms with Crippen LogP contribution >= 0.6 is 0 Å². The molecule has 0 atom stereocenters. The maximum atomic E-state index is 0. The van der Waals surface area contributed by atoms with Crippen molar-refractivity contribution in [2.75, 3.05) is 0 Å². The van der Waals surface area contributed by atoms with Crippen molar-refractivity contribution in [3.8, 4) is 0 Å². The Morgan fingerprint density at radius 1 is 0.333 bits per heavy atom. The van der Waals surface area contributed by atoms with Gasteiger partial charge in [0.15, 0.2) is 0 Å². The zero-order valence-electron chi connectivity index (χ0n) is 2.54. The fourth-order valence-electron chi connectivity index (χ4n) is 0. The number of hydrogen-bond donors (Lipinski definition) is 0. The Labute approximate surface area is 141 Å². The molecule has 0 heterocycles.